The van der Waals surface area contributed by atoms with Crippen molar-refractivity contribution in [1.82, 2.24) is 0 Å². The summed E-state index contributed by atoms with van der Waals surface area (Å²) in [6.45, 7) is 4.43. The Balaban J connectivity index is 2.24. The van der Waals surface area contributed by atoms with E-state index in [2.05, 4.69) is 19.9 Å². The molecule has 1 fully saturated rings. The Kier molecular flexibility index (Phi) is 4.10. The minimum atomic E-state index is -0.631. The third kappa shape index (κ3) is 2.46. The Morgan fingerprint density at radius 1 is 1.44 bits per heavy atom. The molecule has 0 amide bonds. The minimum Gasteiger partial charge on any atom is -0.481 e. The van der Waals surface area contributed by atoms with Gasteiger partial charge in [-0.05, 0) is 56.3 Å². The Morgan fingerprint density at radius 3 is 2.78 bits per heavy atom. The molecular weight excluding hydrogens is 228 g/mol. The normalized spacial score (nSPS) is 37.6. The van der Waals surface area contributed by atoms with E-state index in [4.69, 9.17) is 0 Å². The fourth-order valence-corrected chi connectivity index (χ4v) is 3.92. The van der Waals surface area contributed by atoms with E-state index in [1.807, 2.05) is 0 Å². The SMILES string of the molecule is CC1=CC2C(C(C)CO)CCC(C(=O)O)C2CC1. The second kappa shape index (κ2) is 5.43. The summed E-state index contributed by atoms with van der Waals surface area (Å²) in [5.74, 6) is 0.546. The van der Waals surface area contributed by atoms with E-state index in [1.165, 1.54) is 5.57 Å². The van der Waals surface area contributed by atoms with E-state index >= 15 is 0 Å². The first kappa shape index (κ1) is 13.6. The summed E-state index contributed by atoms with van der Waals surface area (Å²) in [6.07, 6.45) is 6.03. The Morgan fingerprint density at radius 2 is 2.17 bits per heavy atom. The molecule has 0 spiro atoms. The Hall–Kier alpha value is -0.830. The van der Waals surface area contributed by atoms with Crippen LogP contribution in [0.2, 0.25) is 0 Å². The van der Waals surface area contributed by atoms with Crippen LogP contribution in [0.15, 0.2) is 11.6 Å². The number of hydrogen-bond donors (Lipinski definition) is 2. The third-order valence-electron chi connectivity index (χ3n) is 5.00. The molecule has 102 valence electrons. The first-order valence-corrected chi connectivity index (χ1v) is 7.05. The van der Waals surface area contributed by atoms with Gasteiger partial charge in [-0.3, -0.25) is 4.79 Å². The molecule has 18 heavy (non-hydrogen) atoms. The van der Waals surface area contributed by atoms with Gasteiger partial charge in [0.2, 0.25) is 0 Å². The molecule has 0 heterocycles. The lowest BCUT2D eigenvalue weighted by molar-refractivity contribution is -0.147. The quantitative estimate of drug-likeness (QED) is 0.759. The number of rotatable bonds is 3. The van der Waals surface area contributed by atoms with Gasteiger partial charge in [0.25, 0.3) is 0 Å². The number of aliphatic hydroxyl groups excluding tert-OH is 1. The monoisotopic (exact) mass is 252 g/mol. The van der Waals surface area contributed by atoms with Crippen molar-refractivity contribution in [2.45, 2.75) is 39.5 Å². The molecule has 2 N–H and O–H groups in total. The molecule has 2 rings (SSSR count). The van der Waals surface area contributed by atoms with E-state index in [0.29, 0.717) is 11.8 Å². The van der Waals surface area contributed by atoms with Crippen LogP contribution >= 0.6 is 0 Å². The molecule has 0 aromatic rings. The average Bonchev–Trinajstić information content (AvgIpc) is 2.36. The zero-order valence-corrected chi connectivity index (χ0v) is 11.3. The molecule has 0 radical (unpaired) electrons. The predicted octanol–water partition coefficient (Wildman–Crippen LogP) is 2.70. The molecule has 3 heteroatoms. The van der Waals surface area contributed by atoms with Gasteiger partial charge in [-0.25, -0.2) is 0 Å². The molecule has 2 aliphatic carbocycles. The summed E-state index contributed by atoms with van der Waals surface area (Å²) in [5, 5.41) is 18.7. The van der Waals surface area contributed by atoms with Crippen LogP contribution in [0.3, 0.4) is 0 Å². The molecule has 0 aliphatic heterocycles. The topological polar surface area (TPSA) is 57.5 Å². The van der Waals surface area contributed by atoms with Gasteiger partial charge in [0.15, 0.2) is 0 Å². The van der Waals surface area contributed by atoms with Crippen LogP contribution in [0, 0.1) is 29.6 Å². The van der Waals surface area contributed by atoms with Crippen molar-refractivity contribution in [1.29, 1.82) is 0 Å². The number of fused-ring (bicyclic) bond motifs is 1. The van der Waals surface area contributed by atoms with Crippen LogP contribution in [0.4, 0.5) is 0 Å². The number of carboxylic acid groups (broad SMARTS) is 1. The van der Waals surface area contributed by atoms with Crippen molar-refractivity contribution >= 4 is 5.97 Å². The zero-order valence-electron chi connectivity index (χ0n) is 11.3. The smallest absolute Gasteiger partial charge is 0.306 e. The molecule has 0 bridgehead atoms. The first-order valence-electron chi connectivity index (χ1n) is 7.05. The maximum atomic E-state index is 11.4. The molecule has 1 saturated carbocycles. The summed E-state index contributed by atoms with van der Waals surface area (Å²) in [6, 6.07) is 0. The minimum absolute atomic E-state index is 0.179. The van der Waals surface area contributed by atoms with Crippen LogP contribution in [0.5, 0.6) is 0 Å². The summed E-state index contributed by atoms with van der Waals surface area (Å²) in [7, 11) is 0. The Labute approximate surface area is 109 Å². The molecule has 5 unspecified atom stereocenters. The van der Waals surface area contributed by atoms with Crippen molar-refractivity contribution in [3.63, 3.8) is 0 Å². The molecule has 0 saturated heterocycles. The van der Waals surface area contributed by atoms with Gasteiger partial charge in [-0.1, -0.05) is 18.6 Å². The largest absolute Gasteiger partial charge is 0.481 e. The zero-order chi connectivity index (χ0) is 13.3. The standard InChI is InChI=1S/C15H24O3/c1-9-3-4-12-13(15(17)18)6-5-11(10(2)8-16)14(12)7-9/h7,10-14,16H,3-6,8H2,1-2H3,(H,17,18). The molecule has 0 aromatic heterocycles. The lowest BCUT2D eigenvalue weighted by Crippen LogP contribution is -2.41. The fraction of sp³-hybridized carbons (Fsp3) is 0.800. The predicted molar refractivity (Wildman–Crippen MR) is 70.1 cm³/mol. The molecular formula is C15H24O3. The van der Waals surface area contributed by atoms with E-state index < -0.39 is 5.97 Å². The highest BCUT2D eigenvalue weighted by atomic mass is 16.4. The maximum absolute atomic E-state index is 11.4. The summed E-state index contributed by atoms with van der Waals surface area (Å²) < 4.78 is 0. The van der Waals surface area contributed by atoms with E-state index in [0.717, 1.165) is 25.7 Å². The summed E-state index contributed by atoms with van der Waals surface area (Å²) in [5.41, 5.74) is 1.39. The van der Waals surface area contributed by atoms with E-state index in [1.54, 1.807) is 0 Å². The lowest BCUT2D eigenvalue weighted by Gasteiger charge is -2.45. The molecule has 0 aromatic carbocycles. The number of hydrogen-bond acceptors (Lipinski definition) is 2. The van der Waals surface area contributed by atoms with Gasteiger partial charge in [0, 0.05) is 6.61 Å². The van der Waals surface area contributed by atoms with Gasteiger partial charge in [-0.2, -0.15) is 0 Å². The fourth-order valence-electron chi connectivity index (χ4n) is 3.92. The van der Waals surface area contributed by atoms with Crippen molar-refractivity contribution < 1.29 is 15.0 Å². The van der Waals surface area contributed by atoms with Crippen LogP contribution < -0.4 is 0 Å². The van der Waals surface area contributed by atoms with Crippen LogP contribution in [0.1, 0.15) is 39.5 Å². The summed E-state index contributed by atoms with van der Waals surface area (Å²) in [4.78, 5) is 11.4. The highest BCUT2D eigenvalue weighted by molar-refractivity contribution is 5.70. The number of aliphatic carboxylic acids is 1. The average molecular weight is 252 g/mol. The molecule has 3 nitrogen and oxygen atoms in total. The van der Waals surface area contributed by atoms with E-state index in [9.17, 15) is 15.0 Å². The van der Waals surface area contributed by atoms with Crippen LogP contribution in [0.25, 0.3) is 0 Å². The van der Waals surface area contributed by atoms with Gasteiger partial charge in [0.1, 0.15) is 0 Å². The second-order valence-electron chi connectivity index (χ2n) is 6.14. The van der Waals surface area contributed by atoms with Gasteiger partial charge >= 0.3 is 5.97 Å². The van der Waals surface area contributed by atoms with Crippen molar-refractivity contribution in [3.05, 3.63) is 11.6 Å². The first-order chi connectivity index (χ1) is 8.54. The maximum Gasteiger partial charge on any atom is 0.306 e. The number of carboxylic acids is 1. The van der Waals surface area contributed by atoms with Gasteiger partial charge in [-0.15, -0.1) is 0 Å². The van der Waals surface area contributed by atoms with Crippen molar-refractivity contribution in [2.75, 3.05) is 6.61 Å². The van der Waals surface area contributed by atoms with Crippen molar-refractivity contribution in [3.8, 4) is 0 Å². The van der Waals surface area contributed by atoms with Gasteiger partial charge in [0.05, 0.1) is 5.92 Å². The lowest BCUT2D eigenvalue weighted by atomic mass is 9.60. The van der Waals surface area contributed by atoms with Crippen molar-refractivity contribution in [2.24, 2.45) is 29.6 Å². The van der Waals surface area contributed by atoms with Gasteiger partial charge < -0.3 is 10.2 Å². The molecule has 5 atom stereocenters. The van der Waals surface area contributed by atoms with Crippen LogP contribution in [-0.4, -0.2) is 22.8 Å². The number of allylic oxidation sites excluding steroid dienone is 2. The number of carbonyl (C=O) groups is 1. The molecule has 2 aliphatic rings. The number of aliphatic hydroxyl groups is 1. The summed E-state index contributed by atoms with van der Waals surface area (Å²) >= 11 is 0. The third-order valence-corrected chi connectivity index (χ3v) is 5.00. The highest BCUT2D eigenvalue weighted by Crippen LogP contribution is 2.48. The van der Waals surface area contributed by atoms with E-state index in [-0.39, 0.29) is 24.4 Å². The second-order valence-corrected chi connectivity index (χ2v) is 6.14. The highest BCUT2D eigenvalue weighted by Gasteiger charge is 2.43. The van der Waals surface area contributed by atoms with Crippen LogP contribution in [-0.2, 0) is 4.79 Å². The Bertz CT molecular complexity index is 348.